The molecule has 0 saturated heterocycles. The van der Waals surface area contributed by atoms with Crippen LogP contribution in [0.4, 0.5) is 0 Å². The fraction of sp³-hybridized carbons (Fsp3) is 0.111. The van der Waals surface area contributed by atoms with Gasteiger partial charge in [0.05, 0.1) is 17.1 Å². The molecule has 11 heavy (non-hydrogen) atoms. The molecule has 0 aromatic heterocycles. The van der Waals surface area contributed by atoms with Crippen molar-refractivity contribution >= 4 is 5.78 Å². The molecule has 2 heteroatoms. The van der Waals surface area contributed by atoms with Crippen molar-refractivity contribution < 1.29 is 14.4 Å². The van der Waals surface area contributed by atoms with Crippen LogP contribution in [0.2, 0.25) is 0 Å². The number of ketones is 1. The van der Waals surface area contributed by atoms with E-state index in [1.165, 1.54) is 6.07 Å². The van der Waals surface area contributed by atoms with Crippen LogP contribution in [0.15, 0.2) is 24.2 Å². The van der Waals surface area contributed by atoms with Gasteiger partial charge in [-0.15, -0.1) is 0 Å². The summed E-state index contributed by atoms with van der Waals surface area (Å²) < 4.78 is 50.6. The van der Waals surface area contributed by atoms with Crippen molar-refractivity contribution in [1.29, 1.82) is 5.26 Å². The molecule has 0 aliphatic rings. The molecule has 0 aliphatic carbocycles. The van der Waals surface area contributed by atoms with Crippen LogP contribution >= 0.6 is 0 Å². The van der Waals surface area contributed by atoms with Crippen LogP contribution in [-0.4, -0.2) is 5.78 Å². The normalized spacial score (nSPS) is 19.0. The van der Waals surface area contributed by atoms with Crippen LogP contribution in [0.3, 0.4) is 0 Å². The molecule has 0 heterocycles. The SMILES string of the molecule is [2H]c1c([2H])c(C#N)c([2H])c(C(=O)C([2H])([2H])[2H])c1[2H]. The lowest BCUT2D eigenvalue weighted by atomic mass is 10.1. The van der Waals surface area contributed by atoms with Crippen LogP contribution in [0.25, 0.3) is 0 Å². The Labute approximate surface area is 74.9 Å². The van der Waals surface area contributed by atoms with Crippen molar-refractivity contribution in [2.24, 2.45) is 0 Å². The molecule has 0 atom stereocenters. The first-order chi connectivity index (χ1) is 8.12. The summed E-state index contributed by atoms with van der Waals surface area (Å²) in [6.07, 6.45) is 0. The number of rotatable bonds is 1. The summed E-state index contributed by atoms with van der Waals surface area (Å²) in [4.78, 5) is 11.6. The number of benzene rings is 1. The molecule has 0 bridgehead atoms. The number of nitrogens with zero attached hydrogens (tertiary/aromatic N) is 1. The molecule has 0 aliphatic heterocycles. The molecule has 1 rings (SSSR count). The molecule has 0 saturated carbocycles. The van der Waals surface area contributed by atoms with Crippen LogP contribution < -0.4 is 0 Å². The number of Topliss-reactive ketones (excluding diaryl/α,β-unsaturated/α-hetero) is 1. The molecule has 0 amide bonds. The van der Waals surface area contributed by atoms with Gasteiger partial charge in [0.25, 0.3) is 0 Å². The van der Waals surface area contributed by atoms with Gasteiger partial charge in [0.1, 0.15) is 0 Å². The standard InChI is InChI=1S/C9H7NO/c1-7(11)9-4-2-3-8(5-9)6-10/h2-5H,1H3/i1D3,2D,3D,4D,5D. The predicted octanol–water partition coefficient (Wildman–Crippen LogP) is 1.76. The van der Waals surface area contributed by atoms with Crippen LogP contribution in [0, 0.1) is 11.3 Å². The third kappa shape index (κ3) is 1.65. The molecule has 0 unspecified atom stereocenters. The summed E-state index contributed by atoms with van der Waals surface area (Å²) in [5.74, 6) is -1.47. The second kappa shape index (κ2) is 2.98. The van der Waals surface area contributed by atoms with Gasteiger partial charge in [0.2, 0.25) is 0 Å². The maximum Gasteiger partial charge on any atom is 0.159 e. The Morgan fingerprint density at radius 1 is 1.82 bits per heavy atom. The summed E-state index contributed by atoms with van der Waals surface area (Å²) in [7, 11) is 0. The van der Waals surface area contributed by atoms with Crippen LogP contribution in [0.1, 0.15) is 32.4 Å². The van der Waals surface area contributed by atoms with E-state index in [1.54, 1.807) is 0 Å². The second-order valence-electron chi connectivity index (χ2n) is 1.69. The minimum Gasteiger partial charge on any atom is -0.295 e. The first-order valence-electron chi connectivity index (χ1n) is 6.18. The Balaban J connectivity index is 3.72. The highest BCUT2D eigenvalue weighted by atomic mass is 16.1. The minimum atomic E-state index is -3.06. The molecule has 0 spiro atoms. The van der Waals surface area contributed by atoms with E-state index in [0.717, 1.165) is 0 Å². The quantitative estimate of drug-likeness (QED) is 0.575. The van der Waals surface area contributed by atoms with Gasteiger partial charge in [-0.05, 0) is 18.9 Å². The minimum absolute atomic E-state index is 0.580. The van der Waals surface area contributed by atoms with E-state index in [9.17, 15) is 4.79 Å². The highest BCUT2D eigenvalue weighted by Crippen LogP contribution is 2.03. The van der Waals surface area contributed by atoms with Crippen molar-refractivity contribution in [2.75, 3.05) is 0 Å². The zero-order valence-corrected chi connectivity index (χ0v) is 5.36. The summed E-state index contributed by atoms with van der Waals surface area (Å²) >= 11 is 0. The molecule has 54 valence electrons. The van der Waals surface area contributed by atoms with Gasteiger partial charge in [-0.2, -0.15) is 5.26 Å². The summed E-state index contributed by atoms with van der Waals surface area (Å²) in [6, 6.07) is -1.54. The Bertz CT molecular complexity index is 570. The van der Waals surface area contributed by atoms with Gasteiger partial charge in [-0.1, -0.05) is 12.1 Å². The third-order valence-electron chi connectivity index (χ3n) is 0.964. The first-order valence-corrected chi connectivity index (χ1v) is 2.68. The van der Waals surface area contributed by atoms with Crippen molar-refractivity contribution in [3.63, 3.8) is 0 Å². The van der Waals surface area contributed by atoms with Crippen molar-refractivity contribution in [3.05, 3.63) is 35.3 Å². The summed E-state index contributed by atoms with van der Waals surface area (Å²) in [6.45, 7) is -3.06. The lowest BCUT2D eigenvalue weighted by molar-refractivity contribution is 0.101. The molecule has 1 aromatic rings. The average molecular weight is 152 g/mol. The second-order valence-corrected chi connectivity index (χ2v) is 1.69. The van der Waals surface area contributed by atoms with Gasteiger partial charge >= 0.3 is 0 Å². The third-order valence-corrected chi connectivity index (χ3v) is 0.964. The van der Waals surface area contributed by atoms with E-state index < -0.39 is 47.9 Å². The number of carbonyl (C=O) groups excluding carboxylic acids is 1. The smallest absolute Gasteiger partial charge is 0.159 e. The Morgan fingerprint density at radius 3 is 3.27 bits per heavy atom. The van der Waals surface area contributed by atoms with E-state index in [4.69, 9.17) is 14.9 Å². The number of hydrogen-bond donors (Lipinski definition) is 0. The molecular formula is C9H7NO. The zero-order valence-electron chi connectivity index (χ0n) is 12.4. The Morgan fingerprint density at radius 2 is 2.64 bits per heavy atom. The van der Waals surface area contributed by atoms with Gasteiger partial charge in [-0.3, -0.25) is 4.79 Å². The highest BCUT2D eigenvalue weighted by molar-refractivity contribution is 5.94. The molecule has 1 aromatic carbocycles. The topological polar surface area (TPSA) is 40.9 Å². The molecule has 0 radical (unpaired) electrons. The number of hydrogen-bond acceptors (Lipinski definition) is 2. The highest BCUT2D eigenvalue weighted by Gasteiger charge is 1.98. The van der Waals surface area contributed by atoms with Crippen molar-refractivity contribution in [3.8, 4) is 6.07 Å². The van der Waals surface area contributed by atoms with Gasteiger partial charge < -0.3 is 0 Å². The zero-order chi connectivity index (χ0) is 14.2. The maximum absolute atomic E-state index is 11.6. The lowest BCUT2D eigenvalue weighted by Crippen LogP contribution is -1.91. The molecule has 0 fully saturated rings. The largest absolute Gasteiger partial charge is 0.295 e. The van der Waals surface area contributed by atoms with E-state index in [2.05, 4.69) is 0 Å². The van der Waals surface area contributed by atoms with Crippen molar-refractivity contribution in [2.45, 2.75) is 6.85 Å². The molecule has 0 N–H and O–H groups in total. The average Bonchev–Trinajstić information content (AvgIpc) is 2.26. The summed E-state index contributed by atoms with van der Waals surface area (Å²) in [5, 5.41) is 8.74. The van der Waals surface area contributed by atoms with E-state index >= 15 is 0 Å². The first kappa shape index (κ1) is 2.46. The molecule has 2 nitrogen and oxygen atoms in total. The monoisotopic (exact) mass is 152 g/mol. The Hall–Kier alpha value is -1.62. The fourth-order valence-corrected chi connectivity index (χ4v) is 0.513. The number of nitriles is 1. The summed E-state index contributed by atoms with van der Waals surface area (Å²) in [5.41, 5.74) is -1.39. The van der Waals surface area contributed by atoms with E-state index in [-0.39, 0.29) is 0 Å². The number of carbonyl (C=O) groups is 1. The van der Waals surface area contributed by atoms with Gasteiger partial charge in [-0.25, -0.2) is 0 Å². The van der Waals surface area contributed by atoms with Gasteiger partial charge in [0, 0.05) is 9.68 Å². The lowest BCUT2D eigenvalue weighted by Gasteiger charge is -1.93. The van der Waals surface area contributed by atoms with Crippen molar-refractivity contribution in [1.82, 2.24) is 0 Å². The predicted molar refractivity (Wildman–Crippen MR) is 41.2 cm³/mol. The van der Waals surface area contributed by atoms with Gasteiger partial charge in [0.15, 0.2) is 5.78 Å². The fourth-order valence-electron chi connectivity index (χ4n) is 0.513. The van der Waals surface area contributed by atoms with E-state index in [1.807, 2.05) is 0 Å². The van der Waals surface area contributed by atoms with E-state index in [0.29, 0.717) is 0 Å². The molecular weight excluding hydrogens is 138 g/mol. The van der Waals surface area contributed by atoms with Crippen LogP contribution in [-0.2, 0) is 0 Å². The maximum atomic E-state index is 11.6. The van der Waals surface area contributed by atoms with Crippen LogP contribution in [0.5, 0.6) is 0 Å². The Kier molecular flexibility index (Phi) is 0.665.